The van der Waals surface area contributed by atoms with Crippen molar-refractivity contribution in [1.29, 1.82) is 0 Å². The summed E-state index contributed by atoms with van der Waals surface area (Å²) in [5.41, 5.74) is 2.74. The van der Waals surface area contributed by atoms with Crippen LogP contribution < -0.4 is 0 Å². The molecule has 2 aliphatic heterocycles. The van der Waals surface area contributed by atoms with Gasteiger partial charge in [0.15, 0.2) is 5.76 Å². The Balaban J connectivity index is 1.48. The number of amides is 1. The molecule has 4 rings (SSSR count). The minimum Gasteiger partial charge on any atom is -0.451 e. The van der Waals surface area contributed by atoms with E-state index in [0.29, 0.717) is 18.8 Å². The fraction of sp³-hybridized carbons (Fsp3) is 0.591. The number of carbonyl (C=O) groups is 1. The zero-order valence-electron chi connectivity index (χ0n) is 16.7. The lowest BCUT2D eigenvalue weighted by atomic mass is 9.95. The Kier molecular flexibility index (Phi) is 5.45. The van der Waals surface area contributed by atoms with Gasteiger partial charge in [-0.15, -0.1) is 0 Å². The van der Waals surface area contributed by atoms with Crippen LogP contribution in [0.4, 0.5) is 0 Å². The van der Waals surface area contributed by atoms with Gasteiger partial charge in [0.1, 0.15) is 5.58 Å². The molecule has 0 radical (unpaired) electrons. The third kappa shape index (κ3) is 3.69. The third-order valence-corrected chi connectivity index (χ3v) is 6.44. The molecule has 6 heteroatoms. The average molecular weight is 386 g/mol. The summed E-state index contributed by atoms with van der Waals surface area (Å²) >= 11 is 0. The molecular formula is C22H30N2O4. The highest BCUT2D eigenvalue weighted by Crippen LogP contribution is 2.31. The minimum atomic E-state index is -0.189. The number of hydrogen-bond acceptors (Lipinski definition) is 5. The molecule has 2 N–H and O–H groups in total. The molecule has 3 heterocycles. The summed E-state index contributed by atoms with van der Waals surface area (Å²) in [5, 5.41) is 20.5. The molecule has 2 aromatic rings. The fourth-order valence-corrected chi connectivity index (χ4v) is 4.63. The van der Waals surface area contributed by atoms with Crippen molar-refractivity contribution < 1.29 is 19.4 Å². The van der Waals surface area contributed by atoms with Crippen molar-refractivity contribution in [3.63, 3.8) is 0 Å². The first-order valence-corrected chi connectivity index (χ1v) is 10.3. The number of aryl methyl sites for hydroxylation is 2. The van der Waals surface area contributed by atoms with E-state index in [1.165, 1.54) is 0 Å². The van der Waals surface area contributed by atoms with Crippen LogP contribution in [0.3, 0.4) is 0 Å². The van der Waals surface area contributed by atoms with Gasteiger partial charge in [-0.1, -0.05) is 12.1 Å². The fourth-order valence-electron chi connectivity index (χ4n) is 4.63. The molecule has 0 saturated carbocycles. The predicted molar refractivity (Wildman–Crippen MR) is 107 cm³/mol. The Morgan fingerprint density at radius 2 is 1.89 bits per heavy atom. The lowest BCUT2D eigenvalue weighted by Crippen LogP contribution is -2.40. The summed E-state index contributed by atoms with van der Waals surface area (Å²) in [5.74, 6) is 0.666. The number of fused-ring (bicyclic) bond motifs is 1. The van der Waals surface area contributed by atoms with Gasteiger partial charge in [0.25, 0.3) is 5.91 Å². The van der Waals surface area contributed by atoms with E-state index in [-0.39, 0.29) is 30.5 Å². The molecule has 2 saturated heterocycles. The SMILES string of the molecule is Cc1ccc2c(C)c(C(=O)N3C[C@@H](CN4CCC(O)CC4)[C@@H](CO)C3)oc2c1. The van der Waals surface area contributed by atoms with E-state index in [9.17, 15) is 15.0 Å². The van der Waals surface area contributed by atoms with Crippen LogP contribution in [0.2, 0.25) is 0 Å². The van der Waals surface area contributed by atoms with Gasteiger partial charge in [0.05, 0.1) is 6.10 Å². The van der Waals surface area contributed by atoms with Crippen molar-refractivity contribution in [1.82, 2.24) is 9.80 Å². The van der Waals surface area contributed by atoms with Gasteiger partial charge in [-0.2, -0.15) is 0 Å². The van der Waals surface area contributed by atoms with E-state index < -0.39 is 0 Å². The Hall–Kier alpha value is -1.89. The number of hydrogen-bond donors (Lipinski definition) is 2. The normalized spacial score (nSPS) is 24.4. The topological polar surface area (TPSA) is 77.2 Å². The minimum absolute atomic E-state index is 0.0821. The van der Waals surface area contributed by atoms with Crippen molar-refractivity contribution in [2.75, 3.05) is 39.3 Å². The van der Waals surface area contributed by atoms with Crippen LogP contribution in [0.1, 0.15) is 34.5 Å². The largest absolute Gasteiger partial charge is 0.451 e. The van der Waals surface area contributed by atoms with Gasteiger partial charge >= 0.3 is 0 Å². The standard InChI is InChI=1S/C22H30N2O4/c1-14-3-4-19-15(2)21(28-20(19)9-14)22(27)24-11-16(17(12-24)13-25)10-23-7-5-18(26)6-8-23/h3-4,9,16-18,25-26H,5-8,10-13H2,1-2H3/t16-,17-/m1/s1. The smallest absolute Gasteiger partial charge is 0.289 e. The van der Waals surface area contributed by atoms with Crippen LogP contribution in [-0.4, -0.2) is 71.4 Å². The molecule has 0 aliphatic carbocycles. The quantitative estimate of drug-likeness (QED) is 0.842. The number of nitrogens with zero attached hydrogens (tertiary/aromatic N) is 2. The van der Waals surface area contributed by atoms with E-state index in [1.54, 1.807) is 0 Å². The van der Waals surface area contributed by atoms with E-state index in [4.69, 9.17) is 4.42 Å². The van der Waals surface area contributed by atoms with Gasteiger partial charge in [-0.25, -0.2) is 0 Å². The molecule has 28 heavy (non-hydrogen) atoms. The Morgan fingerprint density at radius 1 is 1.18 bits per heavy atom. The molecule has 2 aliphatic rings. The summed E-state index contributed by atoms with van der Waals surface area (Å²) in [4.78, 5) is 17.4. The first-order chi connectivity index (χ1) is 13.5. The highest BCUT2D eigenvalue weighted by molar-refractivity contribution is 5.99. The van der Waals surface area contributed by atoms with E-state index in [2.05, 4.69) is 4.90 Å². The molecular weight excluding hydrogens is 356 g/mol. The third-order valence-electron chi connectivity index (χ3n) is 6.44. The van der Waals surface area contributed by atoms with E-state index in [0.717, 1.165) is 54.6 Å². The molecule has 1 aromatic carbocycles. The van der Waals surface area contributed by atoms with Crippen molar-refractivity contribution in [2.24, 2.45) is 11.8 Å². The van der Waals surface area contributed by atoms with Crippen molar-refractivity contribution in [2.45, 2.75) is 32.8 Å². The van der Waals surface area contributed by atoms with Crippen LogP contribution in [0.5, 0.6) is 0 Å². The molecule has 6 nitrogen and oxygen atoms in total. The van der Waals surface area contributed by atoms with Crippen LogP contribution in [0, 0.1) is 25.7 Å². The number of aliphatic hydroxyl groups is 2. The van der Waals surface area contributed by atoms with Gasteiger partial charge in [0.2, 0.25) is 0 Å². The average Bonchev–Trinajstić information content (AvgIpc) is 3.24. The zero-order chi connectivity index (χ0) is 19.8. The molecule has 2 atom stereocenters. The van der Waals surface area contributed by atoms with Crippen molar-refractivity contribution in [3.8, 4) is 0 Å². The molecule has 0 bridgehead atoms. The summed E-state index contributed by atoms with van der Waals surface area (Å²) in [6.07, 6.45) is 1.42. The highest BCUT2D eigenvalue weighted by Gasteiger charge is 2.38. The summed E-state index contributed by atoms with van der Waals surface area (Å²) in [6, 6.07) is 6.00. The lowest BCUT2D eigenvalue weighted by Gasteiger charge is -2.32. The van der Waals surface area contributed by atoms with Crippen LogP contribution >= 0.6 is 0 Å². The second-order valence-electron chi connectivity index (χ2n) is 8.50. The second-order valence-corrected chi connectivity index (χ2v) is 8.50. The maximum absolute atomic E-state index is 13.2. The maximum Gasteiger partial charge on any atom is 0.289 e. The van der Waals surface area contributed by atoms with Gasteiger partial charge < -0.3 is 24.4 Å². The second kappa shape index (κ2) is 7.85. The Morgan fingerprint density at radius 3 is 2.61 bits per heavy atom. The number of benzene rings is 1. The zero-order valence-corrected chi connectivity index (χ0v) is 16.7. The first-order valence-electron chi connectivity index (χ1n) is 10.3. The maximum atomic E-state index is 13.2. The highest BCUT2D eigenvalue weighted by atomic mass is 16.3. The molecule has 0 unspecified atom stereocenters. The van der Waals surface area contributed by atoms with E-state index >= 15 is 0 Å². The predicted octanol–water partition coefficient (Wildman–Crippen LogP) is 2.19. The van der Waals surface area contributed by atoms with Crippen LogP contribution in [-0.2, 0) is 0 Å². The first kappa shape index (κ1) is 19.4. The molecule has 1 aromatic heterocycles. The van der Waals surface area contributed by atoms with E-state index in [1.807, 2.05) is 36.9 Å². The van der Waals surface area contributed by atoms with Crippen LogP contribution in [0.15, 0.2) is 22.6 Å². The van der Waals surface area contributed by atoms with Crippen molar-refractivity contribution in [3.05, 3.63) is 35.1 Å². The van der Waals surface area contributed by atoms with Gasteiger partial charge in [0, 0.05) is 56.2 Å². The lowest BCUT2D eigenvalue weighted by molar-refractivity contribution is 0.0676. The number of likely N-dealkylation sites (tertiary alicyclic amines) is 2. The summed E-state index contributed by atoms with van der Waals surface area (Å²) in [7, 11) is 0. The number of aliphatic hydroxyl groups excluding tert-OH is 2. The Bertz CT molecular complexity index is 854. The molecule has 2 fully saturated rings. The number of rotatable bonds is 4. The van der Waals surface area contributed by atoms with Crippen molar-refractivity contribution >= 4 is 16.9 Å². The molecule has 0 spiro atoms. The number of piperidine rings is 1. The summed E-state index contributed by atoms with van der Waals surface area (Å²) in [6.45, 7) is 7.85. The number of carbonyl (C=O) groups excluding carboxylic acids is 1. The van der Waals surface area contributed by atoms with Crippen LogP contribution in [0.25, 0.3) is 11.0 Å². The molecule has 1 amide bonds. The number of furan rings is 1. The molecule has 152 valence electrons. The summed E-state index contributed by atoms with van der Waals surface area (Å²) < 4.78 is 5.93. The monoisotopic (exact) mass is 386 g/mol. The van der Waals surface area contributed by atoms with Gasteiger partial charge in [-0.05, 0) is 44.2 Å². The Labute approximate surface area is 165 Å². The van der Waals surface area contributed by atoms with Gasteiger partial charge in [-0.3, -0.25) is 4.79 Å².